The van der Waals surface area contributed by atoms with Crippen LogP contribution in [0.15, 0.2) is 54.6 Å². The maximum atomic E-state index is 12.9. The molecule has 150 valence electrons. The Morgan fingerprint density at radius 2 is 1.79 bits per heavy atom. The largest absolute Gasteiger partial charge is 0.494 e. The van der Waals surface area contributed by atoms with Gasteiger partial charge in [0.1, 0.15) is 17.3 Å². The highest BCUT2D eigenvalue weighted by Crippen LogP contribution is 2.18. The molecule has 0 aliphatic carbocycles. The smallest absolute Gasteiger partial charge is 0.270 e. The molecule has 3 rings (SSSR count). The van der Waals surface area contributed by atoms with Gasteiger partial charge in [-0.3, -0.25) is 4.79 Å². The minimum absolute atomic E-state index is 0.276. The molecule has 1 amide bonds. The molecule has 6 nitrogen and oxygen atoms in total. The predicted molar refractivity (Wildman–Crippen MR) is 110 cm³/mol. The summed E-state index contributed by atoms with van der Waals surface area (Å²) < 4.78 is 18.4. The second-order valence-corrected chi connectivity index (χ2v) is 6.43. The Kier molecular flexibility index (Phi) is 6.73. The van der Waals surface area contributed by atoms with Gasteiger partial charge in [-0.1, -0.05) is 12.1 Å². The topological polar surface area (TPSA) is 76.1 Å². The Bertz CT molecular complexity index is 960. The third-order valence-electron chi connectivity index (χ3n) is 4.12. The van der Waals surface area contributed by atoms with Crippen LogP contribution >= 0.6 is 0 Å². The summed E-state index contributed by atoms with van der Waals surface area (Å²) in [6.45, 7) is 4.77. The van der Waals surface area contributed by atoms with E-state index in [2.05, 4.69) is 20.6 Å². The first-order chi connectivity index (χ1) is 14.0. The van der Waals surface area contributed by atoms with Crippen LogP contribution in [-0.4, -0.2) is 29.0 Å². The van der Waals surface area contributed by atoms with E-state index >= 15 is 0 Å². The maximum Gasteiger partial charge on any atom is 0.270 e. The summed E-state index contributed by atoms with van der Waals surface area (Å²) in [5.74, 6) is 0.566. The average molecular weight is 394 g/mol. The number of nitrogens with zero attached hydrogens (tertiary/aromatic N) is 2. The maximum absolute atomic E-state index is 12.9. The number of carbonyl (C=O) groups excluding carboxylic acids is 1. The minimum atomic E-state index is -0.285. The molecule has 0 atom stereocenters. The molecule has 3 aromatic rings. The summed E-state index contributed by atoms with van der Waals surface area (Å²) >= 11 is 0. The van der Waals surface area contributed by atoms with Crippen LogP contribution in [-0.2, 0) is 6.42 Å². The van der Waals surface area contributed by atoms with Gasteiger partial charge in [0.25, 0.3) is 5.91 Å². The van der Waals surface area contributed by atoms with Gasteiger partial charge in [-0.15, -0.1) is 0 Å². The van der Waals surface area contributed by atoms with Crippen molar-refractivity contribution in [1.82, 2.24) is 15.3 Å². The molecule has 0 fully saturated rings. The molecule has 0 unspecified atom stereocenters. The number of hydrogen-bond acceptors (Lipinski definition) is 5. The van der Waals surface area contributed by atoms with Crippen LogP contribution in [0.5, 0.6) is 5.75 Å². The standard InChI is InChI=1S/C22H23FN4O2/c1-3-29-19-10-8-18(9-11-19)26-22-25-15(2)14-20(27-22)21(28)24-13-12-16-4-6-17(23)7-5-16/h4-11,14H,3,12-13H2,1-2H3,(H,24,28)(H,25,26,27). The normalized spacial score (nSPS) is 10.4. The van der Waals surface area contributed by atoms with Gasteiger partial charge < -0.3 is 15.4 Å². The van der Waals surface area contributed by atoms with Crippen molar-refractivity contribution in [2.75, 3.05) is 18.5 Å². The third-order valence-corrected chi connectivity index (χ3v) is 4.12. The zero-order valence-corrected chi connectivity index (χ0v) is 16.4. The molecule has 0 radical (unpaired) electrons. The molecule has 1 aromatic heterocycles. The number of halogens is 1. The summed E-state index contributed by atoms with van der Waals surface area (Å²) in [5, 5.41) is 5.94. The van der Waals surface area contributed by atoms with E-state index in [9.17, 15) is 9.18 Å². The second-order valence-electron chi connectivity index (χ2n) is 6.43. The average Bonchev–Trinajstić information content (AvgIpc) is 2.71. The molecule has 0 saturated carbocycles. The van der Waals surface area contributed by atoms with Gasteiger partial charge in [-0.25, -0.2) is 14.4 Å². The number of ether oxygens (including phenoxy) is 1. The lowest BCUT2D eigenvalue weighted by molar-refractivity contribution is 0.0949. The fraction of sp³-hybridized carbons (Fsp3) is 0.227. The van der Waals surface area contributed by atoms with Crippen LogP contribution in [0.2, 0.25) is 0 Å². The Morgan fingerprint density at radius 3 is 2.48 bits per heavy atom. The van der Waals surface area contributed by atoms with Crippen LogP contribution in [0.4, 0.5) is 16.0 Å². The molecule has 7 heteroatoms. The lowest BCUT2D eigenvalue weighted by Crippen LogP contribution is -2.27. The quantitative estimate of drug-likeness (QED) is 0.603. The van der Waals surface area contributed by atoms with Gasteiger partial charge >= 0.3 is 0 Å². The lowest BCUT2D eigenvalue weighted by atomic mass is 10.1. The molecule has 2 N–H and O–H groups in total. The molecule has 0 bridgehead atoms. The number of aromatic nitrogens is 2. The number of rotatable bonds is 8. The Labute approximate surface area is 169 Å². The zero-order chi connectivity index (χ0) is 20.6. The molecule has 2 aromatic carbocycles. The van der Waals surface area contributed by atoms with Crippen LogP contribution < -0.4 is 15.4 Å². The first-order valence-corrected chi connectivity index (χ1v) is 9.41. The zero-order valence-electron chi connectivity index (χ0n) is 16.4. The Balaban J connectivity index is 1.61. The predicted octanol–water partition coefficient (Wildman–Crippen LogP) is 4.04. The van der Waals surface area contributed by atoms with E-state index in [0.717, 1.165) is 17.0 Å². The van der Waals surface area contributed by atoms with Crippen LogP contribution in [0.25, 0.3) is 0 Å². The number of benzene rings is 2. The van der Waals surface area contributed by atoms with E-state index < -0.39 is 0 Å². The number of amides is 1. The summed E-state index contributed by atoms with van der Waals surface area (Å²) in [4.78, 5) is 21.1. The van der Waals surface area contributed by atoms with Crippen LogP contribution in [0.3, 0.4) is 0 Å². The van der Waals surface area contributed by atoms with E-state index in [0.29, 0.717) is 31.2 Å². The highest BCUT2D eigenvalue weighted by molar-refractivity contribution is 5.92. The fourth-order valence-electron chi connectivity index (χ4n) is 2.73. The second kappa shape index (κ2) is 9.64. The van der Waals surface area contributed by atoms with Gasteiger partial charge in [0.05, 0.1) is 6.61 Å². The van der Waals surface area contributed by atoms with Crippen molar-refractivity contribution in [1.29, 1.82) is 0 Å². The third kappa shape index (κ3) is 6.00. The minimum Gasteiger partial charge on any atom is -0.494 e. The van der Waals surface area contributed by atoms with Crippen molar-refractivity contribution >= 4 is 17.5 Å². The number of carbonyl (C=O) groups is 1. The highest BCUT2D eigenvalue weighted by atomic mass is 19.1. The fourth-order valence-corrected chi connectivity index (χ4v) is 2.73. The summed E-state index contributed by atoms with van der Waals surface area (Å²) in [5.41, 5.74) is 2.70. The highest BCUT2D eigenvalue weighted by Gasteiger charge is 2.11. The monoisotopic (exact) mass is 394 g/mol. The van der Waals surface area contributed by atoms with E-state index in [-0.39, 0.29) is 17.4 Å². The van der Waals surface area contributed by atoms with E-state index in [1.165, 1.54) is 12.1 Å². The Hall–Kier alpha value is -3.48. The van der Waals surface area contributed by atoms with Gasteiger partial charge in [-0.05, 0) is 68.3 Å². The Morgan fingerprint density at radius 1 is 1.07 bits per heavy atom. The van der Waals surface area contributed by atoms with Crippen molar-refractivity contribution in [3.8, 4) is 5.75 Å². The molecule has 0 spiro atoms. The molecule has 0 aliphatic rings. The summed E-state index contributed by atoms with van der Waals surface area (Å²) in [7, 11) is 0. The first kappa shape index (κ1) is 20.3. The van der Waals surface area contributed by atoms with Crippen molar-refractivity contribution in [3.63, 3.8) is 0 Å². The molecular weight excluding hydrogens is 371 g/mol. The number of aryl methyl sites for hydroxylation is 1. The lowest BCUT2D eigenvalue weighted by Gasteiger charge is -2.10. The number of hydrogen-bond donors (Lipinski definition) is 2. The van der Waals surface area contributed by atoms with E-state index in [4.69, 9.17) is 4.74 Å². The molecule has 0 saturated heterocycles. The first-order valence-electron chi connectivity index (χ1n) is 9.41. The van der Waals surface area contributed by atoms with Crippen molar-refractivity contribution < 1.29 is 13.9 Å². The van der Waals surface area contributed by atoms with Gasteiger partial charge in [0.2, 0.25) is 5.95 Å². The van der Waals surface area contributed by atoms with E-state index in [1.807, 2.05) is 31.2 Å². The van der Waals surface area contributed by atoms with Crippen molar-refractivity contribution in [2.24, 2.45) is 0 Å². The van der Waals surface area contributed by atoms with Crippen LogP contribution in [0, 0.1) is 12.7 Å². The van der Waals surface area contributed by atoms with Crippen LogP contribution in [0.1, 0.15) is 28.7 Å². The molecular formula is C22H23FN4O2. The molecule has 29 heavy (non-hydrogen) atoms. The number of nitrogens with one attached hydrogen (secondary N) is 2. The van der Waals surface area contributed by atoms with Gasteiger partial charge in [0, 0.05) is 17.9 Å². The summed E-state index contributed by atoms with van der Waals surface area (Å²) in [6.07, 6.45) is 0.605. The molecule has 0 aliphatic heterocycles. The summed E-state index contributed by atoms with van der Waals surface area (Å²) in [6, 6.07) is 15.3. The molecule has 1 heterocycles. The van der Waals surface area contributed by atoms with Gasteiger partial charge in [-0.2, -0.15) is 0 Å². The van der Waals surface area contributed by atoms with E-state index in [1.54, 1.807) is 25.1 Å². The number of anilines is 2. The van der Waals surface area contributed by atoms with Crippen molar-refractivity contribution in [3.05, 3.63) is 77.4 Å². The van der Waals surface area contributed by atoms with Crippen molar-refractivity contribution in [2.45, 2.75) is 20.3 Å². The van der Waals surface area contributed by atoms with Gasteiger partial charge in [0.15, 0.2) is 0 Å². The SMILES string of the molecule is CCOc1ccc(Nc2nc(C)cc(C(=O)NCCc3ccc(F)cc3)n2)cc1.